The van der Waals surface area contributed by atoms with Crippen LogP contribution in [-0.2, 0) is 17.8 Å². The standard InChI is InChI=1S/C20H21N5O/c1-14(2)25-13-15(16-7-3-4-8-17(16)25)11-20(26)21-12-19-23-22-18-9-5-6-10-24(18)19/h3-10,13-14H,11-12H2,1-2H3,(H,21,26). The van der Waals surface area contributed by atoms with Crippen LogP contribution in [0.15, 0.2) is 54.9 Å². The zero-order chi connectivity index (χ0) is 18.1. The first-order valence-corrected chi connectivity index (χ1v) is 8.77. The predicted octanol–water partition coefficient (Wildman–Crippen LogP) is 3.12. The van der Waals surface area contributed by atoms with E-state index in [2.05, 4.69) is 52.3 Å². The van der Waals surface area contributed by atoms with E-state index in [-0.39, 0.29) is 5.91 Å². The van der Waals surface area contributed by atoms with E-state index >= 15 is 0 Å². The maximum atomic E-state index is 12.5. The second-order valence-corrected chi connectivity index (χ2v) is 6.67. The Bertz CT molecular complexity index is 1080. The van der Waals surface area contributed by atoms with Crippen LogP contribution in [-0.4, -0.2) is 25.1 Å². The summed E-state index contributed by atoms with van der Waals surface area (Å²) in [6.07, 6.45) is 4.32. The second-order valence-electron chi connectivity index (χ2n) is 6.67. The predicted molar refractivity (Wildman–Crippen MR) is 101 cm³/mol. The van der Waals surface area contributed by atoms with E-state index in [0.717, 1.165) is 27.9 Å². The lowest BCUT2D eigenvalue weighted by atomic mass is 10.1. The molecular weight excluding hydrogens is 326 g/mol. The number of carbonyl (C=O) groups excluding carboxylic acids is 1. The van der Waals surface area contributed by atoms with Crippen molar-refractivity contribution in [1.29, 1.82) is 0 Å². The normalized spacial score (nSPS) is 11.5. The summed E-state index contributed by atoms with van der Waals surface area (Å²) < 4.78 is 4.09. The van der Waals surface area contributed by atoms with Gasteiger partial charge in [0.1, 0.15) is 0 Å². The van der Waals surface area contributed by atoms with Crippen LogP contribution in [0.25, 0.3) is 16.6 Å². The fourth-order valence-corrected chi connectivity index (χ4v) is 3.27. The van der Waals surface area contributed by atoms with Gasteiger partial charge in [0.15, 0.2) is 11.5 Å². The van der Waals surface area contributed by atoms with Crippen molar-refractivity contribution in [2.75, 3.05) is 0 Å². The van der Waals surface area contributed by atoms with Gasteiger partial charge in [0, 0.05) is 29.3 Å². The van der Waals surface area contributed by atoms with Gasteiger partial charge in [-0.25, -0.2) is 0 Å². The summed E-state index contributed by atoms with van der Waals surface area (Å²) in [6, 6.07) is 14.3. The van der Waals surface area contributed by atoms with Crippen molar-refractivity contribution < 1.29 is 4.79 Å². The summed E-state index contributed by atoms with van der Waals surface area (Å²) in [7, 11) is 0. The van der Waals surface area contributed by atoms with Crippen molar-refractivity contribution in [1.82, 2.24) is 24.5 Å². The third-order valence-corrected chi connectivity index (χ3v) is 4.56. The lowest BCUT2D eigenvalue weighted by molar-refractivity contribution is -0.120. The van der Waals surface area contributed by atoms with Gasteiger partial charge < -0.3 is 9.88 Å². The maximum Gasteiger partial charge on any atom is 0.224 e. The van der Waals surface area contributed by atoms with E-state index in [0.29, 0.717) is 19.0 Å². The number of nitrogens with one attached hydrogen (secondary N) is 1. The first kappa shape index (κ1) is 16.3. The van der Waals surface area contributed by atoms with Crippen LogP contribution in [0.3, 0.4) is 0 Å². The molecule has 0 saturated heterocycles. The number of carbonyl (C=O) groups is 1. The molecule has 0 atom stereocenters. The minimum atomic E-state index is -0.0238. The molecule has 1 N–H and O–H groups in total. The average molecular weight is 347 g/mol. The Hall–Kier alpha value is -3.15. The summed E-state index contributed by atoms with van der Waals surface area (Å²) in [5.74, 6) is 0.697. The Morgan fingerprint density at radius 2 is 1.92 bits per heavy atom. The molecule has 0 aliphatic heterocycles. The molecule has 4 aromatic rings. The number of rotatable bonds is 5. The fraction of sp³-hybridized carbons (Fsp3) is 0.250. The molecule has 0 saturated carbocycles. The summed E-state index contributed by atoms with van der Waals surface area (Å²) in [4.78, 5) is 12.5. The van der Waals surface area contributed by atoms with Crippen LogP contribution in [0.5, 0.6) is 0 Å². The maximum absolute atomic E-state index is 12.5. The molecule has 6 heteroatoms. The molecule has 3 aromatic heterocycles. The molecular formula is C20H21N5O. The highest BCUT2D eigenvalue weighted by Gasteiger charge is 2.14. The molecule has 0 spiro atoms. The molecule has 6 nitrogen and oxygen atoms in total. The summed E-state index contributed by atoms with van der Waals surface area (Å²) in [6.45, 7) is 4.65. The van der Waals surface area contributed by atoms with Crippen LogP contribution in [0.2, 0.25) is 0 Å². The molecule has 26 heavy (non-hydrogen) atoms. The molecule has 3 heterocycles. The van der Waals surface area contributed by atoms with E-state index in [9.17, 15) is 4.79 Å². The number of pyridine rings is 1. The third kappa shape index (κ3) is 2.94. The Balaban J connectivity index is 1.51. The van der Waals surface area contributed by atoms with E-state index < -0.39 is 0 Å². The van der Waals surface area contributed by atoms with Gasteiger partial charge in [0.05, 0.1) is 13.0 Å². The summed E-state index contributed by atoms with van der Waals surface area (Å²) >= 11 is 0. The quantitative estimate of drug-likeness (QED) is 0.603. The Labute approximate surface area is 151 Å². The first-order valence-electron chi connectivity index (χ1n) is 8.77. The highest BCUT2D eigenvalue weighted by Crippen LogP contribution is 2.24. The summed E-state index contributed by atoms with van der Waals surface area (Å²) in [5, 5.41) is 12.3. The van der Waals surface area contributed by atoms with Crippen molar-refractivity contribution in [3.05, 3.63) is 66.2 Å². The molecule has 0 unspecified atom stereocenters. The minimum Gasteiger partial charge on any atom is -0.348 e. The lowest BCUT2D eigenvalue weighted by Crippen LogP contribution is -2.25. The molecule has 0 aliphatic rings. The Morgan fingerprint density at radius 1 is 1.12 bits per heavy atom. The van der Waals surface area contributed by atoms with Gasteiger partial charge in [-0.05, 0) is 37.6 Å². The lowest BCUT2D eigenvalue weighted by Gasteiger charge is -2.08. The van der Waals surface area contributed by atoms with Gasteiger partial charge >= 0.3 is 0 Å². The van der Waals surface area contributed by atoms with Crippen molar-refractivity contribution in [2.45, 2.75) is 32.9 Å². The van der Waals surface area contributed by atoms with E-state index in [1.54, 1.807) is 0 Å². The summed E-state index contributed by atoms with van der Waals surface area (Å²) in [5.41, 5.74) is 2.98. The largest absolute Gasteiger partial charge is 0.348 e. The van der Waals surface area contributed by atoms with Crippen molar-refractivity contribution in [3.63, 3.8) is 0 Å². The number of amides is 1. The number of aromatic nitrogens is 4. The van der Waals surface area contributed by atoms with Crippen LogP contribution in [0.4, 0.5) is 0 Å². The fourth-order valence-electron chi connectivity index (χ4n) is 3.27. The molecule has 1 aromatic carbocycles. The smallest absolute Gasteiger partial charge is 0.224 e. The first-order chi connectivity index (χ1) is 12.6. The Kier molecular flexibility index (Phi) is 4.16. The second kappa shape index (κ2) is 6.63. The zero-order valence-electron chi connectivity index (χ0n) is 14.9. The molecule has 132 valence electrons. The van der Waals surface area contributed by atoms with Gasteiger partial charge in [0.2, 0.25) is 5.91 Å². The highest BCUT2D eigenvalue weighted by molar-refractivity contribution is 5.89. The van der Waals surface area contributed by atoms with Gasteiger partial charge in [-0.3, -0.25) is 9.20 Å². The monoisotopic (exact) mass is 347 g/mol. The van der Waals surface area contributed by atoms with Crippen LogP contribution in [0, 0.1) is 0 Å². The van der Waals surface area contributed by atoms with Crippen LogP contribution < -0.4 is 5.32 Å². The minimum absolute atomic E-state index is 0.0238. The number of hydrogen-bond acceptors (Lipinski definition) is 3. The van der Waals surface area contributed by atoms with Gasteiger partial charge in [-0.2, -0.15) is 0 Å². The molecule has 0 aliphatic carbocycles. The van der Waals surface area contributed by atoms with E-state index in [1.165, 1.54) is 0 Å². The van der Waals surface area contributed by atoms with Crippen molar-refractivity contribution >= 4 is 22.5 Å². The number of nitrogens with zero attached hydrogens (tertiary/aromatic N) is 4. The Morgan fingerprint density at radius 3 is 2.77 bits per heavy atom. The van der Waals surface area contributed by atoms with Crippen molar-refractivity contribution in [2.24, 2.45) is 0 Å². The number of hydrogen-bond donors (Lipinski definition) is 1. The van der Waals surface area contributed by atoms with Gasteiger partial charge in [0.25, 0.3) is 0 Å². The van der Waals surface area contributed by atoms with Gasteiger partial charge in [-0.1, -0.05) is 24.3 Å². The molecule has 1 amide bonds. The SMILES string of the molecule is CC(C)n1cc(CC(=O)NCc2nnc3ccccn23)c2ccccc21. The van der Waals surface area contributed by atoms with E-state index in [4.69, 9.17) is 0 Å². The van der Waals surface area contributed by atoms with E-state index in [1.807, 2.05) is 40.9 Å². The average Bonchev–Trinajstić information content (AvgIpc) is 3.22. The van der Waals surface area contributed by atoms with Crippen molar-refractivity contribution in [3.8, 4) is 0 Å². The zero-order valence-corrected chi connectivity index (χ0v) is 14.9. The number of fused-ring (bicyclic) bond motifs is 2. The van der Waals surface area contributed by atoms with Crippen LogP contribution in [0.1, 0.15) is 31.3 Å². The number of para-hydroxylation sites is 1. The van der Waals surface area contributed by atoms with Crippen LogP contribution >= 0.6 is 0 Å². The molecule has 0 bridgehead atoms. The molecule has 4 rings (SSSR count). The molecule has 0 radical (unpaired) electrons. The highest BCUT2D eigenvalue weighted by atomic mass is 16.1. The van der Waals surface area contributed by atoms with Gasteiger partial charge in [-0.15, -0.1) is 10.2 Å². The third-order valence-electron chi connectivity index (χ3n) is 4.56. The molecule has 0 fully saturated rings. The number of benzene rings is 1. The topological polar surface area (TPSA) is 64.2 Å².